The van der Waals surface area contributed by atoms with Crippen molar-refractivity contribution >= 4 is 17.5 Å². The lowest BCUT2D eigenvalue weighted by atomic mass is 10.2. The summed E-state index contributed by atoms with van der Waals surface area (Å²) in [6.07, 6.45) is 0. The zero-order valence-corrected chi connectivity index (χ0v) is 11.3. The Morgan fingerprint density at radius 3 is 2.90 bits per heavy atom. The van der Waals surface area contributed by atoms with Gasteiger partial charge >= 0.3 is 5.91 Å². The predicted molar refractivity (Wildman–Crippen MR) is 70.8 cm³/mol. The first-order valence-corrected chi connectivity index (χ1v) is 6.07. The van der Waals surface area contributed by atoms with Crippen molar-refractivity contribution in [3.63, 3.8) is 0 Å². The molecule has 1 amide bonds. The van der Waals surface area contributed by atoms with Crippen LogP contribution in [-0.2, 0) is 6.61 Å². The fourth-order valence-electron chi connectivity index (χ4n) is 1.63. The average Bonchev–Trinajstić information content (AvgIpc) is 2.80. The normalized spacial score (nSPS) is 10.4. The van der Waals surface area contributed by atoms with Crippen molar-refractivity contribution < 1.29 is 18.3 Å². The maximum atomic E-state index is 13.2. The number of furan rings is 1. The van der Waals surface area contributed by atoms with Gasteiger partial charge in [-0.05, 0) is 25.1 Å². The number of hydrazine groups is 1. The quantitative estimate of drug-likeness (QED) is 0.516. The van der Waals surface area contributed by atoms with Gasteiger partial charge in [-0.2, -0.15) is 0 Å². The molecular weight excluding hydrogens is 287 g/mol. The van der Waals surface area contributed by atoms with Gasteiger partial charge in [-0.25, -0.2) is 10.2 Å². The SMILES string of the molecule is Cc1cc(COc2ccc(Cl)c(F)c2)oc1C(=O)NN. The Bertz CT molecular complexity index is 643. The minimum absolute atomic E-state index is 0.0214. The Balaban J connectivity index is 2.07. The number of carbonyl (C=O) groups is 1. The molecule has 1 aromatic carbocycles. The maximum Gasteiger partial charge on any atom is 0.301 e. The molecule has 0 bridgehead atoms. The summed E-state index contributed by atoms with van der Waals surface area (Å²) < 4.78 is 23.9. The van der Waals surface area contributed by atoms with E-state index in [1.807, 2.05) is 5.43 Å². The van der Waals surface area contributed by atoms with Crippen LogP contribution in [0.2, 0.25) is 5.02 Å². The van der Waals surface area contributed by atoms with Gasteiger partial charge in [-0.1, -0.05) is 11.6 Å². The Morgan fingerprint density at radius 2 is 2.25 bits per heavy atom. The number of nitrogens with one attached hydrogen (secondary N) is 1. The molecule has 0 saturated carbocycles. The number of carbonyl (C=O) groups excluding carboxylic acids is 1. The fourth-order valence-corrected chi connectivity index (χ4v) is 1.75. The van der Waals surface area contributed by atoms with Crippen LogP contribution in [0.15, 0.2) is 28.7 Å². The Kier molecular flexibility index (Phi) is 4.26. The number of hydrogen-bond donors (Lipinski definition) is 2. The molecule has 0 atom stereocenters. The van der Waals surface area contributed by atoms with E-state index in [0.717, 1.165) is 0 Å². The van der Waals surface area contributed by atoms with Crippen molar-refractivity contribution in [1.29, 1.82) is 0 Å². The number of nitrogens with two attached hydrogens (primary N) is 1. The molecule has 0 fully saturated rings. The summed E-state index contributed by atoms with van der Waals surface area (Å²) in [4.78, 5) is 11.4. The first kappa shape index (κ1) is 14.4. The van der Waals surface area contributed by atoms with Crippen LogP contribution in [0.5, 0.6) is 5.75 Å². The molecule has 7 heteroatoms. The Hall–Kier alpha value is -2.05. The predicted octanol–water partition coefficient (Wildman–Crippen LogP) is 2.56. The average molecular weight is 299 g/mol. The van der Waals surface area contributed by atoms with E-state index < -0.39 is 11.7 Å². The molecule has 1 heterocycles. The van der Waals surface area contributed by atoms with Crippen molar-refractivity contribution in [3.05, 3.63) is 52.2 Å². The molecule has 0 radical (unpaired) electrons. The van der Waals surface area contributed by atoms with Crippen molar-refractivity contribution in [2.24, 2.45) is 5.84 Å². The molecule has 0 unspecified atom stereocenters. The third-order valence-electron chi connectivity index (χ3n) is 2.58. The molecule has 3 N–H and O–H groups in total. The molecule has 106 valence electrons. The first-order valence-electron chi connectivity index (χ1n) is 5.69. The van der Waals surface area contributed by atoms with Crippen LogP contribution >= 0.6 is 11.6 Å². The number of hydrogen-bond acceptors (Lipinski definition) is 4. The highest BCUT2D eigenvalue weighted by Gasteiger charge is 2.15. The van der Waals surface area contributed by atoms with Crippen LogP contribution in [0.3, 0.4) is 0 Å². The minimum Gasteiger partial charge on any atom is -0.486 e. The second-order valence-electron chi connectivity index (χ2n) is 4.06. The highest BCUT2D eigenvalue weighted by atomic mass is 35.5. The van der Waals surface area contributed by atoms with Crippen molar-refractivity contribution in [1.82, 2.24) is 5.43 Å². The lowest BCUT2D eigenvalue weighted by Crippen LogP contribution is -2.30. The summed E-state index contributed by atoms with van der Waals surface area (Å²) in [7, 11) is 0. The van der Waals surface area contributed by atoms with Crippen molar-refractivity contribution in [2.45, 2.75) is 13.5 Å². The zero-order valence-electron chi connectivity index (χ0n) is 10.6. The second kappa shape index (κ2) is 5.94. The number of rotatable bonds is 4. The molecule has 0 aliphatic heterocycles. The smallest absolute Gasteiger partial charge is 0.301 e. The summed E-state index contributed by atoms with van der Waals surface area (Å²) in [6.45, 7) is 1.76. The van der Waals surface area contributed by atoms with Gasteiger partial charge in [0.15, 0.2) is 5.76 Å². The summed E-state index contributed by atoms with van der Waals surface area (Å²) in [5.41, 5.74) is 2.62. The number of aryl methyl sites for hydroxylation is 1. The molecular formula is C13H12ClFN2O3. The summed E-state index contributed by atoms with van der Waals surface area (Å²) >= 11 is 5.57. The summed E-state index contributed by atoms with van der Waals surface area (Å²) in [5, 5.41) is 0.0214. The van der Waals surface area contributed by atoms with Gasteiger partial charge < -0.3 is 9.15 Å². The first-order chi connectivity index (χ1) is 9.51. The monoisotopic (exact) mass is 298 g/mol. The van der Waals surface area contributed by atoms with E-state index in [0.29, 0.717) is 17.1 Å². The highest BCUT2D eigenvalue weighted by molar-refractivity contribution is 6.30. The topological polar surface area (TPSA) is 77.5 Å². The zero-order chi connectivity index (χ0) is 14.7. The van der Waals surface area contributed by atoms with Crippen molar-refractivity contribution in [2.75, 3.05) is 0 Å². The number of ether oxygens (including phenoxy) is 1. The van der Waals surface area contributed by atoms with Crippen molar-refractivity contribution in [3.8, 4) is 5.75 Å². The van der Waals surface area contributed by atoms with Crippen LogP contribution in [0.25, 0.3) is 0 Å². The van der Waals surface area contributed by atoms with Crippen LogP contribution in [0.1, 0.15) is 21.9 Å². The fraction of sp³-hybridized carbons (Fsp3) is 0.154. The van der Waals surface area contributed by atoms with Gasteiger partial charge in [0, 0.05) is 11.6 Å². The number of benzene rings is 1. The van der Waals surface area contributed by atoms with Gasteiger partial charge in [-0.3, -0.25) is 10.2 Å². The largest absolute Gasteiger partial charge is 0.486 e. The van der Waals surface area contributed by atoms with E-state index in [2.05, 4.69) is 0 Å². The molecule has 20 heavy (non-hydrogen) atoms. The van der Waals surface area contributed by atoms with Gasteiger partial charge in [0.2, 0.25) is 0 Å². The molecule has 0 aliphatic carbocycles. The molecule has 2 aromatic rings. The van der Waals surface area contributed by atoms with Gasteiger partial charge in [0.1, 0.15) is 23.9 Å². The van der Waals surface area contributed by atoms with Crippen LogP contribution in [0.4, 0.5) is 4.39 Å². The van der Waals surface area contributed by atoms with Crippen LogP contribution in [-0.4, -0.2) is 5.91 Å². The third kappa shape index (κ3) is 3.09. The van der Waals surface area contributed by atoms with Crippen LogP contribution < -0.4 is 16.0 Å². The third-order valence-corrected chi connectivity index (χ3v) is 2.88. The Morgan fingerprint density at radius 1 is 1.50 bits per heavy atom. The number of halogens is 2. The molecule has 0 spiro atoms. The van der Waals surface area contributed by atoms with E-state index in [1.165, 1.54) is 18.2 Å². The number of nitrogen functional groups attached to an aromatic ring is 1. The second-order valence-corrected chi connectivity index (χ2v) is 4.47. The maximum absolute atomic E-state index is 13.2. The van der Waals surface area contributed by atoms with Crippen LogP contribution in [0, 0.1) is 12.7 Å². The summed E-state index contributed by atoms with van der Waals surface area (Å²) in [6, 6.07) is 5.75. The summed E-state index contributed by atoms with van der Waals surface area (Å²) in [5.74, 6) is 4.80. The van der Waals surface area contributed by atoms with E-state index in [1.54, 1.807) is 13.0 Å². The number of amides is 1. The molecule has 2 rings (SSSR count). The van der Waals surface area contributed by atoms with E-state index in [-0.39, 0.29) is 17.4 Å². The van der Waals surface area contributed by atoms with Gasteiger partial charge in [0.05, 0.1) is 5.02 Å². The molecule has 0 aliphatic rings. The highest BCUT2D eigenvalue weighted by Crippen LogP contribution is 2.22. The standard InChI is InChI=1S/C13H12ClFN2O3/c1-7-4-9(20-12(7)13(18)17-16)6-19-8-2-3-10(14)11(15)5-8/h2-5H,6,16H2,1H3,(H,17,18). The lowest BCUT2D eigenvalue weighted by Gasteiger charge is -2.04. The minimum atomic E-state index is -0.567. The Labute approximate surface area is 119 Å². The van der Waals surface area contributed by atoms with E-state index in [4.69, 9.17) is 26.6 Å². The van der Waals surface area contributed by atoms with Gasteiger partial charge in [-0.15, -0.1) is 0 Å². The van der Waals surface area contributed by atoms with Gasteiger partial charge in [0.25, 0.3) is 0 Å². The molecule has 0 saturated heterocycles. The molecule has 5 nitrogen and oxygen atoms in total. The van der Waals surface area contributed by atoms with E-state index in [9.17, 15) is 9.18 Å². The molecule has 1 aromatic heterocycles. The lowest BCUT2D eigenvalue weighted by molar-refractivity contribution is 0.0921. The van der Waals surface area contributed by atoms with E-state index >= 15 is 0 Å².